The van der Waals surface area contributed by atoms with E-state index in [-0.39, 0.29) is 0 Å². The first-order valence-electron chi connectivity index (χ1n) is 4.49. The molecule has 2 heteroatoms. The zero-order valence-electron chi connectivity index (χ0n) is 7.95. The summed E-state index contributed by atoms with van der Waals surface area (Å²) >= 11 is 0. The van der Waals surface area contributed by atoms with Gasteiger partial charge in [0.1, 0.15) is 0 Å². The van der Waals surface area contributed by atoms with E-state index in [2.05, 4.69) is 6.92 Å². The third kappa shape index (κ3) is 2.08. The summed E-state index contributed by atoms with van der Waals surface area (Å²) in [5.74, 6) is -0.525. The SMILES string of the molecule is CCC(C)c1ccccc1C(=O)O. The Hall–Kier alpha value is -1.31. The molecule has 0 amide bonds. The van der Waals surface area contributed by atoms with Crippen LogP contribution in [0.5, 0.6) is 0 Å². The molecular formula is C11H14O2. The highest BCUT2D eigenvalue weighted by Crippen LogP contribution is 2.22. The Morgan fingerprint density at radius 1 is 1.46 bits per heavy atom. The van der Waals surface area contributed by atoms with E-state index < -0.39 is 5.97 Å². The molecule has 0 saturated carbocycles. The molecule has 0 aliphatic carbocycles. The Morgan fingerprint density at radius 3 is 2.62 bits per heavy atom. The molecule has 1 aromatic rings. The van der Waals surface area contributed by atoms with Gasteiger partial charge in [0.15, 0.2) is 0 Å². The lowest BCUT2D eigenvalue weighted by molar-refractivity contribution is 0.0695. The molecular weight excluding hydrogens is 164 g/mol. The molecule has 0 radical (unpaired) electrons. The number of hydrogen-bond donors (Lipinski definition) is 1. The lowest BCUT2D eigenvalue weighted by atomic mass is 9.94. The van der Waals surface area contributed by atoms with Gasteiger partial charge in [0, 0.05) is 0 Å². The number of aromatic carboxylic acids is 1. The van der Waals surface area contributed by atoms with Gasteiger partial charge in [-0.25, -0.2) is 4.79 Å². The molecule has 0 fully saturated rings. The highest BCUT2D eigenvalue weighted by Gasteiger charge is 2.12. The molecule has 0 aliphatic rings. The topological polar surface area (TPSA) is 37.3 Å². The minimum atomic E-state index is -0.837. The summed E-state index contributed by atoms with van der Waals surface area (Å²) in [4.78, 5) is 10.8. The van der Waals surface area contributed by atoms with Gasteiger partial charge in [-0.15, -0.1) is 0 Å². The largest absolute Gasteiger partial charge is 0.478 e. The van der Waals surface area contributed by atoms with Crippen molar-refractivity contribution in [3.05, 3.63) is 35.4 Å². The van der Waals surface area contributed by atoms with Gasteiger partial charge in [-0.2, -0.15) is 0 Å². The monoisotopic (exact) mass is 178 g/mol. The fourth-order valence-corrected chi connectivity index (χ4v) is 1.34. The molecule has 0 heterocycles. The van der Waals surface area contributed by atoms with Crippen LogP contribution in [0.1, 0.15) is 42.1 Å². The molecule has 0 aliphatic heterocycles. The number of carboxylic acid groups (broad SMARTS) is 1. The molecule has 0 aromatic heterocycles. The van der Waals surface area contributed by atoms with Crippen LogP contribution in [-0.2, 0) is 0 Å². The molecule has 1 aromatic carbocycles. The van der Waals surface area contributed by atoms with Crippen LogP contribution in [-0.4, -0.2) is 11.1 Å². The molecule has 0 spiro atoms. The summed E-state index contributed by atoms with van der Waals surface area (Å²) in [7, 11) is 0. The number of rotatable bonds is 3. The summed E-state index contributed by atoms with van der Waals surface area (Å²) in [5, 5.41) is 8.91. The predicted octanol–water partition coefficient (Wildman–Crippen LogP) is 2.90. The minimum absolute atomic E-state index is 0.312. The smallest absolute Gasteiger partial charge is 0.335 e. The number of hydrogen-bond acceptors (Lipinski definition) is 1. The van der Waals surface area contributed by atoms with Crippen LogP contribution in [0.25, 0.3) is 0 Å². The lowest BCUT2D eigenvalue weighted by Crippen LogP contribution is -2.04. The first-order chi connectivity index (χ1) is 6.16. The van der Waals surface area contributed by atoms with E-state index in [1.807, 2.05) is 19.1 Å². The summed E-state index contributed by atoms with van der Waals surface area (Å²) in [5.41, 5.74) is 1.36. The minimum Gasteiger partial charge on any atom is -0.478 e. The molecule has 13 heavy (non-hydrogen) atoms. The molecule has 70 valence electrons. The van der Waals surface area contributed by atoms with E-state index in [0.717, 1.165) is 12.0 Å². The lowest BCUT2D eigenvalue weighted by Gasteiger charge is -2.11. The fourth-order valence-electron chi connectivity index (χ4n) is 1.34. The molecule has 0 saturated heterocycles. The second kappa shape index (κ2) is 4.08. The first kappa shape index (κ1) is 9.78. The quantitative estimate of drug-likeness (QED) is 0.772. The Balaban J connectivity index is 3.11. The van der Waals surface area contributed by atoms with Crippen molar-refractivity contribution in [2.24, 2.45) is 0 Å². The number of benzene rings is 1. The molecule has 1 N–H and O–H groups in total. The number of carboxylic acids is 1. The van der Waals surface area contributed by atoms with Crippen LogP contribution in [0.15, 0.2) is 24.3 Å². The summed E-state index contributed by atoms with van der Waals surface area (Å²) in [6, 6.07) is 7.19. The van der Waals surface area contributed by atoms with Gasteiger partial charge in [0.2, 0.25) is 0 Å². The summed E-state index contributed by atoms with van der Waals surface area (Å²) < 4.78 is 0. The molecule has 1 rings (SSSR count). The van der Waals surface area contributed by atoms with E-state index in [4.69, 9.17) is 5.11 Å². The van der Waals surface area contributed by atoms with E-state index in [9.17, 15) is 4.79 Å². The Kier molecular flexibility index (Phi) is 3.07. The van der Waals surface area contributed by atoms with Crippen molar-refractivity contribution in [3.8, 4) is 0 Å². The van der Waals surface area contributed by atoms with Gasteiger partial charge >= 0.3 is 5.97 Å². The summed E-state index contributed by atoms with van der Waals surface area (Å²) in [6.45, 7) is 4.10. The highest BCUT2D eigenvalue weighted by atomic mass is 16.4. The van der Waals surface area contributed by atoms with Crippen molar-refractivity contribution in [1.29, 1.82) is 0 Å². The van der Waals surface area contributed by atoms with Gasteiger partial charge in [-0.05, 0) is 24.0 Å². The highest BCUT2D eigenvalue weighted by molar-refractivity contribution is 5.89. The van der Waals surface area contributed by atoms with Crippen LogP contribution in [0.4, 0.5) is 0 Å². The van der Waals surface area contributed by atoms with Crippen molar-refractivity contribution >= 4 is 5.97 Å². The van der Waals surface area contributed by atoms with Crippen molar-refractivity contribution in [3.63, 3.8) is 0 Å². The molecule has 2 nitrogen and oxygen atoms in total. The third-order valence-corrected chi connectivity index (χ3v) is 2.33. The zero-order valence-corrected chi connectivity index (χ0v) is 7.95. The number of carbonyl (C=O) groups is 1. The maximum Gasteiger partial charge on any atom is 0.335 e. The average Bonchev–Trinajstić information content (AvgIpc) is 2.16. The fraction of sp³-hybridized carbons (Fsp3) is 0.364. The normalized spacial score (nSPS) is 12.5. The maximum absolute atomic E-state index is 10.8. The van der Waals surface area contributed by atoms with Crippen molar-refractivity contribution in [2.45, 2.75) is 26.2 Å². The molecule has 1 unspecified atom stereocenters. The third-order valence-electron chi connectivity index (χ3n) is 2.33. The van der Waals surface area contributed by atoms with Gasteiger partial charge in [0.25, 0.3) is 0 Å². The van der Waals surface area contributed by atoms with Crippen LogP contribution in [0, 0.1) is 0 Å². The van der Waals surface area contributed by atoms with E-state index in [1.165, 1.54) is 0 Å². The predicted molar refractivity (Wildman–Crippen MR) is 52.1 cm³/mol. The first-order valence-corrected chi connectivity index (χ1v) is 4.49. The van der Waals surface area contributed by atoms with Crippen LogP contribution >= 0.6 is 0 Å². The van der Waals surface area contributed by atoms with Crippen molar-refractivity contribution in [1.82, 2.24) is 0 Å². The second-order valence-corrected chi connectivity index (χ2v) is 3.20. The second-order valence-electron chi connectivity index (χ2n) is 3.20. The van der Waals surface area contributed by atoms with Crippen LogP contribution in [0.2, 0.25) is 0 Å². The Labute approximate surface area is 78.2 Å². The van der Waals surface area contributed by atoms with Crippen molar-refractivity contribution < 1.29 is 9.90 Å². The van der Waals surface area contributed by atoms with E-state index in [0.29, 0.717) is 11.5 Å². The molecule has 0 bridgehead atoms. The van der Waals surface area contributed by atoms with Gasteiger partial charge in [0.05, 0.1) is 5.56 Å². The average molecular weight is 178 g/mol. The Morgan fingerprint density at radius 2 is 2.08 bits per heavy atom. The van der Waals surface area contributed by atoms with Gasteiger partial charge in [-0.3, -0.25) is 0 Å². The van der Waals surface area contributed by atoms with Crippen molar-refractivity contribution in [2.75, 3.05) is 0 Å². The van der Waals surface area contributed by atoms with Crippen LogP contribution < -0.4 is 0 Å². The Bertz CT molecular complexity index is 305. The summed E-state index contributed by atoms with van der Waals surface area (Å²) in [6.07, 6.45) is 0.963. The zero-order chi connectivity index (χ0) is 9.84. The van der Waals surface area contributed by atoms with Crippen LogP contribution in [0.3, 0.4) is 0 Å². The maximum atomic E-state index is 10.8. The molecule has 1 atom stereocenters. The van der Waals surface area contributed by atoms with Gasteiger partial charge < -0.3 is 5.11 Å². The van der Waals surface area contributed by atoms with E-state index in [1.54, 1.807) is 12.1 Å². The standard InChI is InChI=1S/C11H14O2/c1-3-8(2)9-6-4-5-7-10(9)11(12)13/h4-8H,3H2,1-2H3,(H,12,13). The van der Waals surface area contributed by atoms with Gasteiger partial charge in [-0.1, -0.05) is 32.0 Å². The van der Waals surface area contributed by atoms with E-state index >= 15 is 0 Å².